The first-order chi connectivity index (χ1) is 9.97. The fourth-order valence-corrected chi connectivity index (χ4v) is 2.73. The molecule has 0 amide bonds. The normalized spacial score (nSPS) is 11.0. The zero-order valence-corrected chi connectivity index (χ0v) is 12.6. The second kappa shape index (κ2) is 4.93. The summed E-state index contributed by atoms with van der Waals surface area (Å²) in [5, 5.41) is 1.55. The van der Waals surface area contributed by atoms with Crippen LogP contribution >= 0.6 is 11.6 Å². The van der Waals surface area contributed by atoms with Gasteiger partial charge in [0.15, 0.2) is 5.78 Å². The third kappa shape index (κ3) is 2.30. The highest BCUT2D eigenvalue weighted by Crippen LogP contribution is 2.27. The van der Waals surface area contributed by atoms with Crippen molar-refractivity contribution in [1.29, 1.82) is 0 Å². The molecule has 4 heteroatoms. The molecule has 0 fully saturated rings. The second-order valence-electron chi connectivity index (χ2n) is 5.22. The smallest absolute Gasteiger partial charge is 0.195 e. The summed E-state index contributed by atoms with van der Waals surface area (Å²) in [6.45, 7) is 1.91. The summed E-state index contributed by atoms with van der Waals surface area (Å²) in [6, 6.07) is 10.9. The van der Waals surface area contributed by atoms with Crippen molar-refractivity contribution in [1.82, 2.24) is 4.57 Å². The van der Waals surface area contributed by atoms with Crippen molar-refractivity contribution in [3.05, 3.63) is 64.3 Å². The van der Waals surface area contributed by atoms with Crippen LogP contribution < -0.4 is 5.73 Å². The molecule has 0 aliphatic rings. The Hall–Kier alpha value is -2.26. The molecule has 0 radical (unpaired) electrons. The number of carbonyl (C=O) groups excluding carboxylic acids is 1. The number of anilines is 1. The van der Waals surface area contributed by atoms with Crippen LogP contribution in [0.1, 0.15) is 21.5 Å². The van der Waals surface area contributed by atoms with E-state index in [9.17, 15) is 4.79 Å². The highest BCUT2D eigenvalue weighted by molar-refractivity contribution is 6.31. The fraction of sp³-hybridized carbons (Fsp3) is 0.118. The molecule has 3 nitrogen and oxygen atoms in total. The zero-order chi connectivity index (χ0) is 15.1. The van der Waals surface area contributed by atoms with Crippen LogP contribution in [0.3, 0.4) is 0 Å². The molecule has 2 N–H and O–H groups in total. The number of hydrogen-bond acceptors (Lipinski definition) is 2. The van der Waals surface area contributed by atoms with Crippen LogP contribution in [-0.4, -0.2) is 10.4 Å². The number of halogens is 1. The number of hydrogen-bond donors (Lipinski definition) is 1. The monoisotopic (exact) mass is 298 g/mol. The van der Waals surface area contributed by atoms with Crippen LogP contribution in [0.5, 0.6) is 0 Å². The van der Waals surface area contributed by atoms with Gasteiger partial charge in [-0.1, -0.05) is 23.7 Å². The van der Waals surface area contributed by atoms with Gasteiger partial charge in [-0.25, -0.2) is 0 Å². The number of nitrogens with two attached hydrogens (primary N) is 1. The van der Waals surface area contributed by atoms with Gasteiger partial charge in [0, 0.05) is 46.0 Å². The Morgan fingerprint density at radius 2 is 1.90 bits per heavy atom. The molecule has 1 heterocycles. The van der Waals surface area contributed by atoms with Gasteiger partial charge in [-0.2, -0.15) is 0 Å². The molecule has 0 saturated heterocycles. The van der Waals surface area contributed by atoms with Gasteiger partial charge >= 0.3 is 0 Å². The summed E-state index contributed by atoms with van der Waals surface area (Å²) in [5.74, 6) is -0.0206. The van der Waals surface area contributed by atoms with E-state index in [4.69, 9.17) is 17.3 Å². The summed E-state index contributed by atoms with van der Waals surface area (Å²) in [6.07, 6.45) is 1.84. The number of nitrogen functional groups attached to an aromatic ring is 1. The van der Waals surface area contributed by atoms with Crippen LogP contribution in [0, 0.1) is 6.92 Å². The molecule has 0 aliphatic carbocycles. The first-order valence-electron chi connectivity index (χ1n) is 6.63. The number of nitrogens with zero attached hydrogens (tertiary/aromatic N) is 1. The number of aryl methyl sites for hydroxylation is 2. The molecule has 3 rings (SSSR count). The van der Waals surface area contributed by atoms with E-state index in [0.717, 1.165) is 16.5 Å². The number of carbonyl (C=O) groups is 1. The van der Waals surface area contributed by atoms with E-state index < -0.39 is 0 Å². The lowest BCUT2D eigenvalue weighted by Crippen LogP contribution is -2.04. The Bertz CT molecular complexity index is 865. The second-order valence-corrected chi connectivity index (χ2v) is 5.66. The Morgan fingerprint density at radius 1 is 1.14 bits per heavy atom. The van der Waals surface area contributed by atoms with Crippen LogP contribution in [0.25, 0.3) is 10.9 Å². The van der Waals surface area contributed by atoms with Gasteiger partial charge in [-0.3, -0.25) is 4.79 Å². The molecule has 0 saturated carbocycles. The average molecular weight is 299 g/mol. The van der Waals surface area contributed by atoms with Gasteiger partial charge < -0.3 is 10.3 Å². The molecule has 0 aliphatic heterocycles. The lowest BCUT2D eigenvalue weighted by atomic mass is 9.98. The molecule has 2 aromatic carbocycles. The lowest BCUT2D eigenvalue weighted by Gasteiger charge is -2.05. The van der Waals surface area contributed by atoms with Gasteiger partial charge in [0.1, 0.15) is 0 Å². The van der Waals surface area contributed by atoms with E-state index in [1.165, 1.54) is 0 Å². The van der Waals surface area contributed by atoms with E-state index >= 15 is 0 Å². The first-order valence-corrected chi connectivity index (χ1v) is 7.00. The minimum Gasteiger partial charge on any atom is -0.399 e. The molecular formula is C17H15ClN2O. The zero-order valence-electron chi connectivity index (χ0n) is 11.9. The molecule has 21 heavy (non-hydrogen) atoms. The predicted molar refractivity (Wildman–Crippen MR) is 87.0 cm³/mol. The maximum Gasteiger partial charge on any atom is 0.195 e. The Labute approximate surface area is 127 Å². The maximum atomic E-state index is 12.8. The molecule has 3 aromatic rings. The lowest BCUT2D eigenvalue weighted by molar-refractivity contribution is 0.103. The number of fused-ring (bicyclic) bond motifs is 1. The average Bonchev–Trinajstić information content (AvgIpc) is 2.78. The molecule has 0 atom stereocenters. The van der Waals surface area contributed by atoms with E-state index in [0.29, 0.717) is 21.8 Å². The van der Waals surface area contributed by atoms with Crippen molar-refractivity contribution in [2.45, 2.75) is 6.92 Å². The third-order valence-corrected chi connectivity index (χ3v) is 3.94. The highest BCUT2D eigenvalue weighted by Gasteiger charge is 2.17. The van der Waals surface area contributed by atoms with Crippen LogP contribution in [0.4, 0.5) is 5.69 Å². The summed E-state index contributed by atoms with van der Waals surface area (Å²) in [5.41, 5.74) is 9.55. The number of ketones is 1. The van der Waals surface area contributed by atoms with Crippen LogP contribution in [0.2, 0.25) is 5.02 Å². The van der Waals surface area contributed by atoms with Crippen molar-refractivity contribution in [3.63, 3.8) is 0 Å². The predicted octanol–water partition coefficient (Wildman–Crippen LogP) is 3.95. The topological polar surface area (TPSA) is 48.0 Å². The minimum atomic E-state index is -0.0206. The van der Waals surface area contributed by atoms with Crippen LogP contribution in [0.15, 0.2) is 42.6 Å². The van der Waals surface area contributed by atoms with Gasteiger partial charge in [0.05, 0.1) is 0 Å². The summed E-state index contributed by atoms with van der Waals surface area (Å²) in [7, 11) is 1.90. The quantitative estimate of drug-likeness (QED) is 0.575. The third-order valence-electron chi connectivity index (χ3n) is 3.70. The molecular weight excluding hydrogens is 284 g/mol. The fourth-order valence-electron chi connectivity index (χ4n) is 2.57. The molecule has 0 spiro atoms. The van der Waals surface area contributed by atoms with Crippen molar-refractivity contribution in [2.24, 2.45) is 7.05 Å². The summed E-state index contributed by atoms with van der Waals surface area (Å²) < 4.78 is 1.91. The summed E-state index contributed by atoms with van der Waals surface area (Å²) >= 11 is 6.03. The standard InChI is InChI=1S/C17H15ClN2O/c1-10-3-5-12(19)8-14(10)17(21)15-9-20(2)16-7-11(18)4-6-13(15)16/h3-9H,19H2,1-2H3. The van der Waals surface area contributed by atoms with Crippen molar-refractivity contribution in [2.75, 3.05) is 5.73 Å². The van der Waals surface area contributed by atoms with Crippen molar-refractivity contribution in [3.8, 4) is 0 Å². The Morgan fingerprint density at radius 3 is 2.67 bits per heavy atom. The van der Waals surface area contributed by atoms with E-state index in [-0.39, 0.29) is 5.78 Å². The number of benzene rings is 2. The SMILES string of the molecule is Cc1ccc(N)cc1C(=O)c1cn(C)c2cc(Cl)ccc12. The Balaban J connectivity index is 2.21. The van der Waals surface area contributed by atoms with E-state index in [2.05, 4.69) is 0 Å². The van der Waals surface area contributed by atoms with Crippen molar-refractivity contribution < 1.29 is 4.79 Å². The van der Waals surface area contributed by atoms with Gasteiger partial charge in [0.25, 0.3) is 0 Å². The Kier molecular flexibility index (Phi) is 3.22. The van der Waals surface area contributed by atoms with Gasteiger partial charge in [-0.05, 0) is 36.8 Å². The van der Waals surface area contributed by atoms with E-state index in [1.54, 1.807) is 18.2 Å². The van der Waals surface area contributed by atoms with Gasteiger partial charge in [0.2, 0.25) is 0 Å². The first kappa shape index (κ1) is 13.7. The highest BCUT2D eigenvalue weighted by atomic mass is 35.5. The number of aromatic nitrogens is 1. The minimum absolute atomic E-state index is 0.0206. The van der Waals surface area contributed by atoms with Gasteiger partial charge in [-0.15, -0.1) is 0 Å². The molecule has 1 aromatic heterocycles. The number of rotatable bonds is 2. The molecule has 0 bridgehead atoms. The molecule has 0 unspecified atom stereocenters. The maximum absolute atomic E-state index is 12.8. The van der Waals surface area contributed by atoms with E-state index in [1.807, 2.05) is 42.9 Å². The van der Waals surface area contributed by atoms with Crippen LogP contribution in [-0.2, 0) is 7.05 Å². The van der Waals surface area contributed by atoms with Crippen molar-refractivity contribution >= 4 is 34.0 Å². The summed E-state index contributed by atoms with van der Waals surface area (Å²) in [4.78, 5) is 12.8. The molecule has 106 valence electrons. The largest absolute Gasteiger partial charge is 0.399 e.